The van der Waals surface area contributed by atoms with Gasteiger partial charge < -0.3 is 10.2 Å². The Bertz CT molecular complexity index is 730. The molecule has 0 radical (unpaired) electrons. The van der Waals surface area contributed by atoms with Crippen LogP contribution < -0.4 is 0 Å². The normalized spacial score (nSPS) is 12.8. The van der Waals surface area contributed by atoms with Crippen molar-refractivity contribution >= 4 is 10.1 Å². The van der Waals surface area contributed by atoms with Crippen molar-refractivity contribution < 1.29 is 22.8 Å². The molecule has 0 spiro atoms. The van der Waals surface area contributed by atoms with E-state index in [-0.39, 0.29) is 28.9 Å². The summed E-state index contributed by atoms with van der Waals surface area (Å²) in [4.78, 5) is -0.385. The highest BCUT2D eigenvalue weighted by atomic mass is 32.2. The van der Waals surface area contributed by atoms with Crippen molar-refractivity contribution in [3.8, 4) is 11.5 Å². The molecule has 0 saturated carbocycles. The predicted octanol–water partition coefficient (Wildman–Crippen LogP) is 7.80. The molecule has 0 fully saturated rings. The molecule has 186 valence electrons. The SMILES string of the molecule is CCCCCCCCCCCCCCCCC(C)c1cc(O)c(S(=O)(=O)OCC)cc1O. The van der Waals surface area contributed by atoms with Crippen LogP contribution in [0.15, 0.2) is 17.0 Å². The lowest BCUT2D eigenvalue weighted by Crippen LogP contribution is -2.07. The smallest absolute Gasteiger partial charge is 0.300 e. The van der Waals surface area contributed by atoms with E-state index in [0.29, 0.717) is 5.56 Å². The van der Waals surface area contributed by atoms with Crippen LogP contribution in [0.25, 0.3) is 0 Å². The van der Waals surface area contributed by atoms with Gasteiger partial charge in [-0.15, -0.1) is 0 Å². The molecule has 1 atom stereocenters. The summed E-state index contributed by atoms with van der Waals surface area (Å²) >= 11 is 0. The van der Waals surface area contributed by atoms with Crippen LogP contribution in [0.5, 0.6) is 11.5 Å². The van der Waals surface area contributed by atoms with Gasteiger partial charge in [0.2, 0.25) is 0 Å². The van der Waals surface area contributed by atoms with Gasteiger partial charge in [0.05, 0.1) is 6.61 Å². The number of rotatable bonds is 19. The molecule has 0 heterocycles. The average molecular weight is 471 g/mol. The van der Waals surface area contributed by atoms with Crippen LogP contribution in [0.4, 0.5) is 0 Å². The highest BCUT2D eigenvalue weighted by molar-refractivity contribution is 7.86. The highest BCUT2D eigenvalue weighted by Crippen LogP contribution is 2.37. The summed E-state index contributed by atoms with van der Waals surface area (Å²) in [5.74, 6) is -0.444. The summed E-state index contributed by atoms with van der Waals surface area (Å²) < 4.78 is 28.7. The highest BCUT2D eigenvalue weighted by Gasteiger charge is 2.23. The molecule has 0 aliphatic heterocycles. The Morgan fingerprint density at radius 2 is 1.22 bits per heavy atom. The van der Waals surface area contributed by atoms with Gasteiger partial charge in [-0.1, -0.05) is 104 Å². The van der Waals surface area contributed by atoms with Crippen LogP contribution in [0, 0.1) is 0 Å². The maximum Gasteiger partial charge on any atom is 0.300 e. The first kappa shape index (κ1) is 28.8. The fourth-order valence-electron chi connectivity index (χ4n) is 4.19. The number of aromatic hydroxyl groups is 2. The van der Waals surface area contributed by atoms with E-state index in [4.69, 9.17) is 4.18 Å². The number of phenolic OH excluding ortho intramolecular Hbond substituents is 2. The second-order valence-corrected chi connectivity index (χ2v) is 10.6. The third kappa shape index (κ3) is 11.0. The minimum atomic E-state index is -4.06. The van der Waals surface area contributed by atoms with Crippen molar-refractivity contribution in [2.24, 2.45) is 0 Å². The topological polar surface area (TPSA) is 83.8 Å². The molecular weight excluding hydrogens is 424 g/mol. The summed E-state index contributed by atoms with van der Waals surface area (Å²) in [5, 5.41) is 20.5. The molecule has 2 N–H and O–H groups in total. The van der Waals surface area contributed by atoms with E-state index in [9.17, 15) is 18.6 Å². The maximum atomic E-state index is 12.0. The van der Waals surface area contributed by atoms with Gasteiger partial charge in [0.15, 0.2) is 0 Å². The zero-order valence-electron chi connectivity index (χ0n) is 20.6. The molecule has 1 rings (SSSR count). The molecule has 5 nitrogen and oxygen atoms in total. The molecular formula is C26H46O5S. The molecule has 0 bridgehead atoms. The number of benzene rings is 1. The molecule has 0 aromatic heterocycles. The van der Waals surface area contributed by atoms with Crippen molar-refractivity contribution in [2.75, 3.05) is 6.61 Å². The lowest BCUT2D eigenvalue weighted by atomic mass is 9.93. The second kappa shape index (κ2) is 16.4. The van der Waals surface area contributed by atoms with Crippen LogP contribution in [0.1, 0.15) is 129 Å². The fourth-order valence-corrected chi connectivity index (χ4v) is 5.20. The third-order valence-electron chi connectivity index (χ3n) is 6.17. The van der Waals surface area contributed by atoms with E-state index in [2.05, 4.69) is 6.92 Å². The van der Waals surface area contributed by atoms with Crippen molar-refractivity contribution in [2.45, 2.75) is 128 Å². The predicted molar refractivity (Wildman–Crippen MR) is 132 cm³/mol. The van der Waals surface area contributed by atoms with Gasteiger partial charge in [-0.2, -0.15) is 8.42 Å². The van der Waals surface area contributed by atoms with Gasteiger partial charge >= 0.3 is 10.1 Å². The van der Waals surface area contributed by atoms with Gasteiger partial charge in [0.25, 0.3) is 0 Å². The maximum absolute atomic E-state index is 12.0. The van der Waals surface area contributed by atoms with Crippen molar-refractivity contribution in [1.29, 1.82) is 0 Å². The zero-order valence-corrected chi connectivity index (χ0v) is 21.4. The Morgan fingerprint density at radius 3 is 1.69 bits per heavy atom. The monoisotopic (exact) mass is 470 g/mol. The minimum absolute atomic E-state index is 0.0280. The van der Waals surface area contributed by atoms with Gasteiger partial charge in [0, 0.05) is 11.6 Å². The van der Waals surface area contributed by atoms with E-state index < -0.39 is 10.1 Å². The van der Waals surface area contributed by atoms with E-state index in [1.54, 1.807) is 6.92 Å². The van der Waals surface area contributed by atoms with E-state index in [0.717, 1.165) is 25.3 Å². The van der Waals surface area contributed by atoms with Gasteiger partial charge in [-0.3, -0.25) is 4.18 Å². The van der Waals surface area contributed by atoms with Gasteiger partial charge in [0.1, 0.15) is 16.4 Å². The summed E-state index contributed by atoms with van der Waals surface area (Å²) in [6.45, 7) is 5.78. The first-order valence-electron chi connectivity index (χ1n) is 12.8. The molecule has 1 unspecified atom stereocenters. The molecule has 1 aromatic carbocycles. The Labute approximate surface area is 196 Å². The Hall–Kier alpha value is -1.27. The Balaban J connectivity index is 2.21. The lowest BCUT2D eigenvalue weighted by Gasteiger charge is -2.16. The number of phenols is 2. The van der Waals surface area contributed by atoms with E-state index in [1.807, 2.05) is 6.92 Å². The van der Waals surface area contributed by atoms with Gasteiger partial charge in [-0.25, -0.2) is 0 Å². The molecule has 0 saturated heterocycles. The molecule has 0 aliphatic carbocycles. The lowest BCUT2D eigenvalue weighted by molar-refractivity contribution is 0.334. The van der Waals surface area contributed by atoms with Crippen molar-refractivity contribution in [3.05, 3.63) is 17.7 Å². The van der Waals surface area contributed by atoms with Crippen molar-refractivity contribution in [1.82, 2.24) is 0 Å². The van der Waals surface area contributed by atoms with Crippen LogP contribution in [-0.4, -0.2) is 25.2 Å². The summed E-state index contributed by atoms with van der Waals surface area (Å²) in [5.41, 5.74) is 0.577. The minimum Gasteiger partial charge on any atom is -0.508 e. The van der Waals surface area contributed by atoms with Crippen LogP contribution in [0.2, 0.25) is 0 Å². The third-order valence-corrected chi connectivity index (χ3v) is 7.58. The van der Waals surface area contributed by atoms with Crippen LogP contribution in [0.3, 0.4) is 0 Å². The van der Waals surface area contributed by atoms with Crippen LogP contribution >= 0.6 is 0 Å². The van der Waals surface area contributed by atoms with Gasteiger partial charge in [-0.05, 0) is 25.3 Å². The summed E-state index contributed by atoms with van der Waals surface area (Å²) in [7, 11) is -4.06. The van der Waals surface area contributed by atoms with Crippen LogP contribution in [-0.2, 0) is 14.3 Å². The Morgan fingerprint density at radius 1 is 0.750 bits per heavy atom. The van der Waals surface area contributed by atoms with E-state index in [1.165, 1.54) is 83.1 Å². The molecule has 0 aliphatic rings. The fraction of sp³-hybridized carbons (Fsp3) is 0.769. The first-order chi connectivity index (χ1) is 15.3. The first-order valence-corrected chi connectivity index (χ1v) is 14.2. The standard InChI is InChI=1S/C26H46O5S/c1-4-6-7-8-9-10-11-12-13-14-15-16-17-18-19-22(3)23-20-25(28)26(21-24(23)27)32(29,30)31-5-2/h20-22,27-28H,4-19H2,1-3H3. The summed E-state index contributed by atoms with van der Waals surface area (Å²) in [6, 6.07) is 2.45. The average Bonchev–Trinajstić information content (AvgIpc) is 2.75. The molecule has 6 heteroatoms. The number of hydrogen-bond acceptors (Lipinski definition) is 5. The number of unbranched alkanes of at least 4 members (excludes halogenated alkanes) is 13. The molecule has 0 amide bonds. The summed E-state index contributed by atoms with van der Waals surface area (Å²) in [6.07, 6.45) is 19.3. The Kier molecular flexibility index (Phi) is 14.7. The molecule has 1 aromatic rings. The molecule has 32 heavy (non-hydrogen) atoms. The van der Waals surface area contributed by atoms with E-state index >= 15 is 0 Å². The largest absolute Gasteiger partial charge is 0.508 e. The second-order valence-electron chi connectivity index (χ2n) is 9.03. The van der Waals surface area contributed by atoms with Crippen molar-refractivity contribution in [3.63, 3.8) is 0 Å². The number of hydrogen-bond donors (Lipinski definition) is 2. The quantitative estimate of drug-likeness (QED) is 0.122. The zero-order chi connectivity index (χ0) is 23.8.